The van der Waals surface area contributed by atoms with Crippen LogP contribution in [0.3, 0.4) is 0 Å². The SMILES string of the molecule is CCCCO[C@@H](c1ccc(O)c(OC)c1)[C@@H](O)CO. The Morgan fingerprint density at radius 2 is 2.05 bits per heavy atom. The number of benzene rings is 1. The van der Waals surface area contributed by atoms with Crippen LogP contribution in [0.25, 0.3) is 0 Å². The fraction of sp³-hybridized carbons (Fsp3) is 0.571. The van der Waals surface area contributed by atoms with Crippen molar-refractivity contribution < 1.29 is 24.8 Å². The van der Waals surface area contributed by atoms with Gasteiger partial charge < -0.3 is 24.8 Å². The van der Waals surface area contributed by atoms with Crippen LogP contribution >= 0.6 is 0 Å². The fourth-order valence-corrected chi connectivity index (χ4v) is 1.75. The second-order valence-corrected chi connectivity index (χ2v) is 4.33. The molecule has 0 aromatic heterocycles. The van der Waals surface area contributed by atoms with E-state index in [9.17, 15) is 10.2 Å². The van der Waals surface area contributed by atoms with Crippen molar-refractivity contribution in [2.75, 3.05) is 20.3 Å². The first-order valence-electron chi connectivity index (χ1n) is 6.41. The maximum Gasteiger partial charge on any atom is 0.160 e. The van der Waals surface area contributed by atoms with Gasteiger partial charge in [0.15, 0.2) is 11.5 Å². The molecule has 1 aromatic carbocycles. The summed E-state index contributed by atoms with van der Waals surface area (Å²) in [5.41, 5.74) is 0.660. The lowest BCUT2D eigenvalue weighted by molar-refractivity contribution is -0.0607. The molecule has 0 unspecified atom stereocenters. The number of phenolic OH excluding ortho intramolecular Hbond substituents is 1. The first-order valence-corrected chi connectivity index (χ1v) is 6.41. The molecule has 0 saturated heterocycles. The summed E-state index contributed by atoms with van der Waals surface area (Å²) in [5, 5.41) is 28.5. The molecule has 2 atom stereocenters. The molecule has 0 amide bonds. The van der Waals surface area contributed by atoms with Gasteiger partial charge in [-0.15, -0.1) is 0 Å². The van der Waals surface area contributed by atoms with Crippen molar-refractivity contribution in [3.05, 3.63) is 23.8 Å². The molecular formula is C14H22O5. The molecule has 0 aliphatic rings. The summed E-state index contributed by atoms with van der Waals surface area (Å²) in [6.07, 6.45) is 0.224. The van der Waals surface area contributed by atoms with Gasteiger partial charge in [-0.2, -0.15) is 0 Å². The van der Waals surface area contributed by atoms with Gasteiger partial charge in [-0.3, -0.25) is 0 Å². The summed E-state index contributed by atoms with van der Waals surface area (Å²) < 4.78 is 10.6. The number of ether oxygens (including phenoxy) is 2. The lowest BCUT2D eigenvalue weighted by atomic mass is 10.0. The van der Waals surface area contributed by atoms with Crippen molar-refractivity contribution in [2.45, 2.75) is 32.0 Å². The molecular weight excluding hydrogens is 248 g/mol. The molecule has 108 valence electrons. The molecule has 3 N–H and O–H groups in total. The number of methoxy groups -OCH3 is 1. The number of aliphatic hydroxyl groups is 2. The van der Waals surface area contributed by atoms with Gasteiger partial charge in [-0.25, -0.2) is 0 Å². The molecule has 0 heterocycles. The van der Waals surface area contributed by atoms with Crippen molar-refractivity contribution >= 4 is 0 Å². The van der Waals surface area contributed by atoms with Gasteiger partial charge in [0.1, 0.15) is 12.2 Å². The minimum Gasteiger partial charge on any atom is -0.504 e. The van der Waals surface area contributed by atoms with Gasteiger partial charge in [0, 0.05) is 6.61 Å². The van der Waals surface area contributed by atoms with Crippen LogP contribution in [-0.4, -0.2) is 41.7 Å². The molecule has 0 fully saturated rings. The third-order valence-corrected chi connectivity index (χ3v) is 2.86. The molecule has 0 spiro atoms. The maximum atomic E-state index is 9.83. The Hall–Kier alpha value is -1.30. The summed E-state index contributed by atoms with van der Waals surface area (Å²) in [6.45, 7) is 2.16. The second-order valence-electron chi connectivity index (χ2n) is 4.33. The van der Waals surface area contributed by atoms with Gasteiger partial charge in [0.25, 0.3) is 0 Å². The second kappa shape index (κ2) is 7.99. The Labute approximate surface area is 113 Å². The largest absolute Gasteiger partial charge is 0.504 e. The Balaban J connectivity index is 2.89. The lowest BCUT2D eigenvalue weighted by Crippen LogP contribution is -2.25. The summed E-state index contributed by atoms with van der Waals surface area (Å²) in [4.78, 5) is 0. The van der Waals surface area contributed by atoms with Crippen LogP contribution < -0.4 is 4.74 Å². The average molecular weight is 270 g/mol. The number of aromatic hydroxyl groups is 1. The molecule has 0 saturated carbocycles. The van der Waals surface area contributed by atoms with E-state index in [1.807, 2.05) is 6.92 Å². The van der Waals surface area contributed by atoms with Gasteiger partial charge in [0.05, 0.1) is 13.7 Å². The van der Waals surface area contributed by atoms with E-state index in [2.05, 4.69) is 0 Å². The smallest absolute Gasteiger partial charge is 0.160 e. The molecule has 1 rings (SSSR count). The van der Waals surface area contributed by atoms with Gasteiger partial charge in [-0.05, 0) is 24.1 Å². The van der Waals surface area contributed by atoms with E-state index in [0.717, 1.165) is 12.8 Å². The quantitative estimate of drug-likeness (QED) is 0.625. The topological polar surface area (TPSA) is 79.2 Å². The number of unbranched alkanes of at least 4 members (excludes halogenated alkanes) is 1. The third-order valence-electron chi connectivity index (χ3n) is 2.86. The summed E-state index contributed by atoms with van der Waals surface area (Å²) >= 11 is 0. The Morgan fingerprint density at radius 3 is 2.63 bits per heavy atom. The van der Waals surface area contributed by atoms with E-state index < -0.39 is 12.2 Å². The standard InChI is InChI=1S/C14H22O5/c1-3-4-7-19-14(12(17)9-15)10-5-6-11(16)13(8-10)18-2/h5-6,8,12,14-17H,3-4,7,9H2,1-2H3/t12-,14-/m0/s1. The Kier molecular flexibility index (Phi) is 6.62. The highest BCUT2D eigenvalue weighted by Crippen LogP contribution is 2.31. The Morgan fingerprint density at radius 1 is 1.32 bits per heavy atom. The highest BCUT2D eigenvalue weighted by Gasteiger charge is 2.22. The molecule has 5 heteroatoms. The molecule has 0 aliphatic heterocycles. The van der Waals surface area contributed by atoms with Crippen LogP contribution in [0.15, 0.2) is 18.2 Å². The minimum atomic E-state index is -1.01. The molecule has 1 aromatic rings. The molecule has 0 aliphatic carbocycles. The van der Waals surface area contributed by atoms with Crippen LogP contribution in [-0.2, 0) is 4.74 Å². The third kappa shape index (κ3) is 4.38. The van der Waals surface area contributed by atoms with Crippen molar-refractivity contribution in [3.8, 4) is 11.5 Å². The van der Waals surface area contributed by atoms with E-state index in [4.69, 9.17) is 14.6 Å². The monoisotopic (exact) mass is 270 g/mol. The number of rotatable bonds is 8. The maximum absolute atomic E-state index is 9.83. The zero-order valence-electron chi connectivity index (χ0n) is 11.4. The summed E-state index contributed by atoms with van der Waals surface area (Å²) in [6, 6.07) is 4.73. The zero-order chi connectivity index (χ0) is 14.3. The van der Waals surface area contributed by atoms with E-state index >= 15 is 0 Å². The first kappa shape index (κ1) is 15.8. The average Bonchev–Trinajstić information content (AvgIpc) is 2.44. The number of hydrogen-bond acceptors (Lipinski definition) is 5. The molecule has 0 radical (unpaired) electrons. The highest BCUT2D eigenvalue weighted by molar-refractivity contribution is 5.42. The van der Waals surface area contributed by atoms with Crippen molar-refractivity contribution in [1.82, 2.24) is 0 Å². The van der Waals surface area contributed by atoms with Crippen LogP contribution in [0.5, 0.6) is 11.5 Å². The van der Waals surface area contributed by atoms with Gasteiger partial charge in [0.2, 0.25) is 0 Å². The van der Waals surface area contributed by atoms with Gasteiger partial charge >= 0.3 is 0 Å². The lowest BCUT2D eigenvalue weighted by Gasteiger charge is -2.23. The predicted octanol–water partition coefficient (Wildman–Crippen LogP) is 1.61. The van der Waals surface area contributed by atoms with E-state index in [0.29, 0.717) is 17.9 Å². The van der Waals surface area contributed by atoms with Crippen LogP contribution in [0.1, 0.15) is 31.4 Å². The van der Waals surface area contributed by atoms with Crippen LogP contribution in [0.4, 0.5) is 0 Å². The summed E-state index contributed by atoms with van der Waals surface area (Å²) in [7, 11) is 1.45. The first-order chi connectivity index (χ1) is 9.13. The number of hydrogen-bond donors (Lipinski definition) is 3. The van der Waals surface area contributed by atoms with Crippen LogP contribution in [0.2, 0.25) is 0 Å². The number of aliphatic hydroxyl groups excluding tert-OH is 2. The predicted molar refractivity (Wildman–Crippen MR) is 71.4 cm³/mol. The van der Waals surface area contributed by atoms with Crippen LogP contribution in [0, 0.1) is 0 Å². The zero-order valence-corrected chi connectivity index (χ0v) is 11.4. The van der Waals surface area contributed by atoms with Gasteiger partial charge in [-0.1, -0.05) is 19.4 Å². The van der Waals surface area contributed by atoms with Crippen molar-refractivity contribution in [1.29, 1.82) is 0 Å². The minimum absolute atomic E-state index is 0.0250. The summed E-state index contributed by atoms with van der Waals surface area (Å²) in [5.74, 6) is 0.337. The fourth-order valence-electron chi connectivity index (χ4n) is 1.75. The molecule has 19 heavy (non-hydrogen) atoms. The van der Waals surface area contributed by atoms with E-state index in [1.54, 1.807) is 12.1 Å². The van der Waals surface area contributed by atoms with Crippen molar-refractivity contribution in [3.63, 3.8) is 0 Å². The molecule has 0 bridgehead atoms. The highest BCUT2D eigenvalue weighted by atomic mass is 16.5. The Bertz CT molecular complexity index is 380. The number of phenols is 1. The van der Waals surface area contributed by atoms with E-state index in [-0.39, 0.29) is 12.4 Å². The van der Waals surface area contributed by atoms with Crippen molar-refractivity contribution in [2.24, 2.45) is 0 Å². The van der Waals surface area contributed by atoms with E-state index in [1.165, 1.54) is 13.2 Å². The molecule has 5 nitrogen and oxygen atoms in total. The normalized spacial score (nSPS) is 14.1.